The van der Waals surface area contributed by atoms with Gasteiger partial charge >= 0.3 is 0 Å². The molecule has 0 amide bonds. The fraction of sp³-hybridized carbons (Fsp3) is 0.278. The van der Waals surface area contributed by atoms with Crippen LogP contribution in [0.25, 0.3) is 11.5 Å². The number of rotatable bonds is 5. The third-order valence-electron chi connectivity index (χ3n) is 4.11. The molecular formula is C18H19N3O2S. The van der Waals surface area contributed by atoms with Gasteiger partial charge in [0.2, 0.25) is 5.89 Å². The van der Waals surface area contributed by atoms with Crippen LogP contribution < -0.4 is 0 Å². The number of thioether (sulfide) groups is 1. The molecule has 3 aromatic rings. The first-order chi connectivity index (χ1) is 11.5. The molecule has 0 aliphatic carbocycles. The van der Waals surface area contributed by atoms with E-state index in [1.165, 1.54) is 17.3 Å². The smallest absolute Gasteiger partial charge is 0.277 e. The lowest BCUT2D eigenvalue weighted by atomic mass is 10.1. The fourth-order valence-corrected chi connectivity index (χ4v) is 3.07. The van der Waals surface area contributed by atoms with E-state index in [4.69, 9.17) is 4.42 Å². The van der Waals surface area contributed by atoms with Crippen LogP contribution in [0, 0.1) is 20.8 Å². The van der Waals surface area contributed by atoms with E-state index in [2.05, 4.69) is 10.2 Å². The van der Waals surface area contributed by atoms with Crippen LogP contribution in [0.2, 0.25) is 0 Å². The average molecular weight is 341 g/mol. The Kier molecular flexibility index (Phi) is 4.57. The lowest BCUT2D eigenvalue weighted by Gasteiger charge is -2.01. The van der Waals surface area contributed by atoms with Gasteiger partial charge in [-0.2, -0.15) is 0 Å². The molecule has 3 rings (SSSR count). The Bertz CT molecular complexity index is 878. The number of benzene rings is 1. The zero-order valence-electron chi connectivity index (χ0n) is 14.2. The van der Waals surface area contributed by atoms with Gasteiger partial charge in [-0.25, -0.2) is 0 Å². The Morgan fingerprint density at radius 3 is 2.50 bits per heavy atom. The molecule has 0 atom stereocenters. The molecule has 2 heterocycles. The lowest BCUT2D eigenvalue weighted by Crippen LogP contribution is -2.04. The highest BCUT2D eigenvalue weighted by molar-refractivity contribution is 7.99. The van der Waals surface area contributed by atoms with Crippen molar-refractivity contribution in [3.8, 4) is 11.5 Å². The molecule has 0 radical (unpaired) electrons. The second kappa shape index (κ2) is 6.65. The van der Waals surface area contributed by atoms with Crippen LogP contribution in [0.3, 0.4) is 0 Å². The van der Waals surface area contributed by atoms with Crippen molar-refractivity contribution in [3.05, 3.63) is 52.8 Å². The van der Waals surface area contributed by atoms with E-state index >= 15 is 0 Å². The number of aryl methyl sites for hydroxylation is 2. The molecule has 6 heteroatoms. The molecule has 124 valence electrons. The van der Waals surface area contributed by atoms with Crippen molar-refractivity contribution in [1.29, 1.82) is 0 Å². The first kappa shape index (κ1) is 16.5. The third-order valence-corrected chi connectivity index (χ3v) is 4.93. The minimum Gasteiger partial charge on any atom is -0.411 e. The Balaban J connectivity index is 1.68. The minimum atomic E-state index is 0.0660. The van der Waals surface area contributed by atoms with Crippen LogP contribution in [0.5, 0.6) is 0 Å². The third kappa shape index (κ3) is 3.28. The average Bonchev–Trinajstić information content (AvgIpc) is 3.14. The zero-order chi connectivity index (χ0) is 17.3. The van der Waals surface area contributed by atoms with Crippen molar-refractivity contribution < 1.29 is 9.21 Å². The van der Waals surface area contributed by atoms with Crippen molar-refractivity contribution in [1.82, 2.24) is 14.8 Å². The SMILES string of the molecule is Cc1ccc(-c2nnc(SCC(=O)c3cc(C)n(C)c3C)o2)cc1. The molecule has 0 spiro atoms. The van der Waals surface area contributed by atoms with E-state index < -0.39 is 0 Å². The molecule has 0 fully saturated rings. The van der Waals surface area contributed by atoms with Gasteiger partial charge in [0.1, 0.15) is 0 Å². The van der Waals surface area contributed by atoms with Crippen LogP contribution in [-0.4, -0.2) is 26.3 Å². The number of hydrogen-bond donors (Lipinski definition) is 0. The molecular weight excluding hydrogens is 322 g/mol. The quantitative estimate of drug-likeness (QED) is 0.519. The summed E-state index contributed by atoms with van der Waals surface area (Å²) in [6, 6.07) is 9.80. The van der Waals surface area contributed by atoms with E-state index in [1.54, 1.807) is 0 Å². The molecule has 1 aromatic carbocycles. The maximum absolute atomic E-state index is 12.4. The van der Waals surface area contributed by atoms with Crippen LogP contribution in [0.1, 0.15) is 27.3 Å². The van der Waals surface area contributed by atoms with Crippen molar-refractivity contribution >= 4 is 17.5 Å². The Morgan fingerprint density at radius 2 is 1.88 bits per heavy atom. The number of nitrogens with zero attached hydrogens (tertiary/aromatic N) is 3. The van der Waals surface area contributed by atoms with Crippen LogP contribution in [0.15, 0.2) is 40.0 Å². The van der Waals surface area contributed by atoms with Crippen molar-refractivity contribution in [2.75, 3.05) is 5.75 Å². The Morgan fingerprint density at radius 1 is 1.17 bits per heavy atom. The molecule has 0 saturated carbocycles. The van der Waals surface area contributed by atoms with E-state index in [1.807, 2.05) is 62.7 Å². The summed E-state index contributed by atoms with van der Waals surface area (Å²) < 4.78 is 7.65. The highest BCUT2D eigenvalue weighted by atomic mass is 32.2. The Hall–Kier alpha value is -2.34. The van der Waals surface area contributed by atoms with Crippen molar-refractivity contribution in [3.63, 3.8) is 0 Å². The summed E-state index contributed by atoms with van der Waals surface area (Å²) in [7, 11) is 1.96. The number of carbonyl (C=O) groups is 1. The van der Waals surface area contributed by atoms with Crippen LogP contribution in [-0.2, 0) is 7.05 Å². The van der Waals surface area contributed by atoms with Gasteiger partial charge in [-0.3, -0.25) is 4.79 Å². The van der Waals surface area contributed by atoms with Crippen molar-refractivity contribution in [2.45, 2.75) is 26.0 Å². The number of hydrogen-bond acceptors (Lipinski definition) is 5. The van der Waals surface area contributed by atoms with Gasteiger partial charge < -0.3 is 8.98 Å². The first-order valence-electron chi connectivity index (χ1n) is 7.65. The maximum Gasteiger partial charge on any atom is 0.277 e. The summed E-state index contributed by atoms with van der Waals surface area (Å²) in [6.07, 6.45) is 0. The van der Waals surface area contributed by atoms with Gasteiger partial charge in [0.15, 0.2) is 5.78 Å². The second-order valence-corrected chi connectivity index (χ2v) is 6.72. The molecule has 0 aliphatic rings. The van der Waals surface area contributed by atoms with E-state index in [0.717, 1.165) is 22.5 Å². The molecule has 0 saturated heterocycles. The molecule has 2 aromatic heterocycles. The number of Topliss-reactive ketones (excluding diaryl/α,β-unsaturated/α-hetero) is 1. The second-order valence-electron chi connectivity index (χ2n) is 5.79. The number of aromatic nitrogens is 3. The summed E-state index contributed by atoms with van der Waals surface area (Å²) in [4.78, 5) is 12.4. The normalized spacial score (nSPS) is 11.0. The molecule has 5 nitrogen and oxygen atoms in total. The molecule has 0 aliphatic heterocycles. The van der Waals surface area contributed by atoms with Gasteiger partial charge in [0, 0.05) is 29.6 Å². The summed E-state index contributed by atoms with van der Waals surface area (Å²) in [5, 5.41) is 8.47. The van der Waals surface area contributed by atoms with Gasteiger partial charge in [-0.05, 0) is 39.0 Å². The number of carbonyl (C=O) groups excluding carboxylic acids is 1. The van der Waals surface area contributed by atoms with Gasteiger partial charge in [-0.1, -0.05) is 29.5 Å². The maximum atomic E-state index is 12.4. The standard InChI is InChI=1S/C18H19N3O2S/c1-11-5-7-14(8-6-11)17-19-20-18(23-17)24-10-16(22)15-9-12(2)21(4)13(15)3/h5-9H,10H2,1-4H3. The predicted octanol–water partition coefficient (Wildman–Crippen LogP) is 3.98. The van der Waals surface area contributed by atoms with Crippen LogP contribution >= 0.6 is 11.8 Å². The minimum absolute atomic E-state index is 0.0660. The molecule has 0 N–H and O–H groups in total. The summed E-state index contributed by atoms with van der Waals surface area (Å²) in [5.41, 5.74) is 4.85. The van der Waals surface area contributed by atoms with Gasteiger partial charge in [-0.15, -0.1) is 10.2 Å². The lowest BCUT2D eigenvalue weighted by molar-refractivity contribution is 0.102. The van der Waals surface area contributed by atoms with E-state index in [-0.39, 0.29) is 11.5 Å². The zero-order valence-corrected chi connectivity index (χ0v) is 15.0. The summed E-state index contributed by atoms with van der Waals surface area (Å²) in [6.45, 7) is 5.97. The topological polar surface area (TPSA) is 60.9 Å². The van der Waals surface area contributed by atoms with E-state index in [9.17, 15) is 4.79 Å². The van der Waals surface area contributed by atoms with Crippen LogP contribution in [0.4, 0.5) is 0 Å². The molecule has 0 unspecified atom stereocenters. The van der Waals surface area contributed by atoms with Crippen molar-refractivity contribution in [2.24, 2.45) is 7.05 Å². The predicted molar refractivity (Wildman–Crippen MR) is 94.4 cm³/mol. The molecule has 24 heavy (non-hydrogen) atoms. The van der Waals surface area contributed by atoms with Gasteiger partial charge in [0.25, 0.3) is 5.22 Å². The summed E-state index contributed by atoms with van der Waals surface area (Å²) in [5.74, 6) is 0.813. The van der Waals surface area contributed by atoms with E-state index in [0.29, 0.717) is 11.1 Å². The fourth-order valence-electron chi connectivity index (χ4n) is 2.42. The molecule has 0 bridgehead atoms. The largest absolute Gasteiger partial charge is 0.411 e. The highest BCUT2D eigenvalue weighted by Gasteiger charge is 2.16. The summed E-state index contributed by atoms with van der Waals surface area (Å²) >= 11 is 1.27. The number of ketones is 1. The monoisotopic (exact) mass is 341 g/mol. The Labute approximate surface area is 145 Å². The van der Waals surface area contributed by atoms with Gasteiger partial charge in [0.05, 0.1) is 5.75 Å². The first-order valence-corrected chi connectivity index (χ1v) is 8.63. The highest BCUT2D eigenvalue weighted by Crippen LogP contribution is 2.24.